The maximum atomic E-state index is 13.8. The van der Waals surface area contributed by atoms with Gasteiger partial charge in [-0.05, 0) is 24.3 Å². The Morgan fingerprint density at radius 3 is 2.86 bits per heavy atom. The SMILES string of the molecule is O=C(CCN1C(=O)C(=Cc2ccccc2F)SC1=S)Nc1ccc2c(c1)OCO2. The zero-order valence-electron chi connectivity index (χ0n) is 15.0. The minimum absolute atomic E-state index is 0.0634. The molecule has 2 aromatic rings. The van der Waals surface area contributed by atoms with Gasteiger partial charge in [0, 0.05) is 30.3 Å². The Hall–Kier alpha value is -2.91. The van der Waals surface area contributed by atoms with E-state index in [2.05, 4.69) is 5.32 Å². The Kier molecular flexibility index (Phi) is 5.50. The van der Waals surface area contributed by atoms with E-state index in [0.29, 0.717) is 32.0 Å². The van der Waals surface area contributed by atoms with Crippen molar-refractivity contribution in [3.8, 4) is 11.5 Å². The second-order valence-electron chi connectivity index (χ2n) is 6.22. The first-order chi connectivity index (χ1) is 14.0. The second-order valence-corrected chi connectivity index (χ2v) is 7.90. The number of hydrogen-bond donors (Lipinski definition) is 1. The molecule has 148 valence electrons. The van der Waals surface area contributed by atoms with Gasteiger partial charge >= 0.3 is 0 Å². The highest BCUT2D eigenvalue weighted by Gasteiger charge is 2.32. The van der Waals surface area contributed by atoms with E-state index in [1.54, 1.807) is 36.4 Å². The van der Waals surface area contributed by atoms with Gasteiger partial charge in [-0.2, -0.15) is 0 Å². The molecule has 0 saturated carbocycles. The van der Waals surface area contributed by atoms with E-state index in [-0.39, 0.29) is 31.6 Å². The predicted octanol–water partition coefficient (Wildman–Crippen LogP) is 3.78. The average molecular weight is 430 g/mol. The summed E-state index contributed by atoms with van der Waals surface area (Å²) in [6.45, 7) is 0.289. The summed E-state index contributed by atoms with van der Waals surface area (Å²) in [6.07, 6.45) is 1.54. The summed E-state index contributed by atoms with van der Waals surface area (Å²) in [4.78, 5) is 26.5. The maximum Gasteiger partial charge on any atom is 0.266 e. The summed E-state index contributed by atoms with van der Waals surface area (Å²) in [5.41, 5.74) is 0.887. The lowest BCUT2D eigenvalue weighted by Gasteiger charge is -2.14. The van der Waals surface area contributed by atoms with Gasteiger partial charge in [-0.25, -0.2) is 4.39 Å². The molecule has 0 aliphatic carbocycles. The number of ether oxygens (including phenoxy) is 2. The summed E-state index contributed by atoms with van der Waals surface area (Å²) in [5.74, 6) is 0.177. The van der Waals surface area contributed by atoms with Crippen LogP contribution in [0, 0.1) is 5.82 Å². The molecule has 2 heterocycles. The fourth-order valence-electron chi connectivity index (χ4n) is 2.84. The quantitative estimate of drug-likeness (QED) is 0.575. The van der Waals surface area contributed by atoms with Gasteiger partial charge in [-0.1, -0.05) is 42.2 Å². The van der Waals surface area contributed by atoms with E-state index >= 15 is 0 Å². The van der Waals surface area contributed by atoms with Crippen molar-refractivity contribution in [1.29, 1.82) is 0 Å². The number of thioether (sulfide) groups is 1. The number of nitrogens with zero attached hydrogens (tertiary/aromatic N) is 1. The van der Waals surface area contributed by atoms with Crippen LogP contribution in [-0.2, 0) is 9.59 Å². The third-order valence-corrected chi connectivity index (χ3v) is 5.66. The zero-order valence-corrected chi connectivity index (χ0v) is 16.6. The van der Waals surface area contributed by atoms with Crippen molar-refractivity contribution in [3.05, 3.63) is 58.8 Å². The van der Waals surface area contributed by atoms with Crippen LogP contribution in [-0.4, -0.2) is 34.4 Å². The number of halogens is 1. The monoisotopic (exact) mass is 430 g/mol. The highest BCUT2D eigenvalue weighted by Crippen LogP contribution is 2.35. The Bertz CT molecular complexity index is 1040. The zero-order chi connectivity index (χ0) is 20.4. The van der Waals surface area contributed by atoms with Crippen LogP contribution in [0.2, 0.25) is 0 Å². The maximum absolute atomic E-state index is 13.8. The molecule has 9 heteroatoms. The lowest BCUT2D eigenvalue weighted by molar-refractivity contribution is -0.122. The molecule has 1 N–H and O–H groups in total. The summed E-state index contributed by atoms with van der Waals surface area (Å²) in [6, 6.07) is 11.3. The molecular formula is C20H15FN2O4S2. The molecule has 2 aliphatic heterocycles. The van der Waals surface area contributed by atoms with Gasteiger partial charge in [0.15, 0.2) is 11.5 Å². The smallest absolute Gasteiger partial charge is 0.266 e. The highest BCUT2D eigenvalue weighted by atomic mass is 32.2. The molecule has 0 spiro atoms. The Labute approximate surface area is 175 Å². The molecule has 6 nitrogen and oxygen atoms in total. The molecule has 1 saturated heterocycles. The van der Waals surface area contributed by atoms with Gasteiger partial charge in [-0.15, -0.1) is 0 Å². The Balaban J connectivity index is 1.37. The van der Waals surface area contributed by atoms with E-state index in [4.69, 9.17) is 21.7 Å². The van der Waals surface area contributed by atoms with Gasteiger partial charge in [0.1, 0.15) is 10.1 Å². The van der Waals surface area contributed by atoms with Crippen LogP contribution in [0.4, 0.5) is 10.1 Å². The number of amides is 2. The largest absolute Gasteiger partial charge is 0.454 e. The van der Waals surface area contributed by atoms with Gasteiger partial charge in [0.05, 0.1) is 4.91 Å². The molecule has 0 radical (unpaired) electrons. The van der Waals surface area contributed by atoms with E-state index in [0.717, 1.165) is 11.8 Å². The highest BCUT2D eigenvalue weighted by molar-refractivity contribution is 8.26. The van der Waals surface area contributed by atoms with Crippen LogP contribution in [0.1, 0.15) is 12.0 Å². The van der Waals surface area contributed by atoms with Crippen LogP contribution in [0.25, 0.3) is 6.08 Å². The number of nitrogens with one attached hydrogen (secondary N) is 1. The molecule has 0 bridgehead atoms. The van der Waals surface area contributed by atoms with Gasteiger partial charge in [0.25, 0.3) is 5.91 Å². The fourth-order valence-corrected chi connectivity index (χ4v) is 4.14. The number of carbonyl (C=O) groups excluding carboxylic acids is 2. The summed E-state index contributed by atoms with van der Waals surface area (Å²) < 4.78 is 24.7. The molecule has 0 unspecified atom stereocenters. The number of thiocarbonyl (C=S) groups is 1. The number of rotatable bonds is 5. The second kappa shape index (κ2) is 8.22. The van der Waals surface area contributed by atoms with E-state index < -0.39 is 5.82 Å². The first-order valence-electron chi connectivity index (χ1n) is 8.70. The number of carbonyl (C=O) groups is 2. The van der Waals surface area contributed by atoms with Crippen LogP contribution < -0.4 is 14.8 Å². The van der Waals surface area contributed by atoms with Gasteiger partial charge in [-0.3, -0.25) is 14.5 Å². The Morgan fingerprint density at radius 1 is 1.24 bits per heavy atom. The molecule has 0 atom stereocenters. The first kappa shape index (κ1) is 19.4. The van der Waals surface area contributed by atoms with Gasteiger partial charge < -0.3 is 14.8 Å². The van der Waals surface area contributed by atoms with Crippen LogP contribution in [0.3, 0.4) is 0 Å². The number of fused-ring (bicyclic) bond motifs is 1. The minimum Gasteiger partial charge on any atom is -0.454 e. The third-order valence-electron chi connectivity index (χ3n) is 4.28. The molecular weight excluding hydrogens is 415 g/mol. The fraction of sp³-hybridized carbons (Fsp3) is 0.150. The van der Waals surface area contributed by atoms with Crippen molar-refractivity contribution in [1.82, 2.24) is 4.90 Å². The average Bonchev–Trinajstić information content (AvgIpc) is 3.26. The minimum atomic E-state index is -0.416. The van der Waals surface area contributed by atoms with E-state index in [1.165, 1.54) is 17.0 Å². The topological polar surface area (TPSA) is 67.9 Å². The van der Waals surface area contributed by atoms with Crippen LogP contribution in [0.5, 0.6) is 11.5 Å². The molecule has 0 aromatic heterocycles. The summed E-state index contributed by atoms with van der Waals surface area (Å²) >= 11 is 6.35. The normalized spacial score (nSPS) is 16.6. The van der Waals surface area contributed by atoms with Crippen LogP contribution in [0.15, 0.2) is 47.4 Å². The molecule has 1 fully saturated rings. The summed E-state index contributed by atoms with van der Waals surface area (Å²) in [5, 5.41) is 2.76. The molecule has 2 amide bonds. The van der Waals surface area contributed by atoms with E-state index in [9.17, 15) is 14.0 Å². The predicted molar refractivity (Wildman–Crippen MR) is 112 cm³/mol. The number of benzene rings is 2. The number of anilines is 1. The third kappa shape index (κ3) is 4.25. The van der Waals surface area contributed by atoms with E-state index in [1.807, 2.05) is 0 Å². The summed E-state index contributed by atoms with van der Waals surface area (Å²) in [7, 11) is 0. The van der Waals surface area contributed by atoms with Crippen molar-refractivity contribution in [3.63, 3.8) is 0 Å². The van der Waals surface area contributed by atoms with Crippen LogP contribution >= 0.6 is 24.0 Å². The van der Waals surface area contributed by atoms with Crippen molar-refractivity contribution >= 4 is 51.9 Å². The molecule has 2 aromatic carbocycles. The Morgan fingerprint density at radius 2 is 2.03 bits per heavy atom. The van der Waals surface area contributed by atoms with Crippen molar-refractivity contribution in [2.45, 2.75) is 6.42 Å². The molecule has 29 heavy (non-hydrogen) atoms. The standard InChI is InChI=1S/C20H15FN2O4S2/c21-14-4-2-1-3-12(14)9-17-19(25)23(20(28)29-17)8-7-18(24)22-13-5-6-15-16(10-13)27-11-26-15/h1-6,9-10H,7-8,11H2,(H,22,24). The number of hydrogen-bond acceptors (Lipinski definition) is 6. The lowest BCUT2D eigenvalue weighted by atomic mass is 10.2. The van der Waals surface area contributed by atoms with Gasteiger partial charge in [0.2, 0.25) is 12.7 Å². The molecule has 2 aliphatic rings. The van der Waals surface area contributed by atoms with Crippen molar-refractivity contribution < 1.29 is 23.5 Å². The lowest BCUT2D eigenvalue weighted by Crippen LogP contribution is -2.31. The molecule has 4 rings (SSSR count). The first-order valence-corrected chi connectivity index (χ1v) is 9.93. The van der Waals surface area contributed by atoms with Crippen molar-refractivity contribution in [2.24, 2.45) is 0 Å². The van der Waals surface area contributed by atoms with Crippen molar-refractivity contribution in [2.75, 3.05) is 18.7 Å².